The highest BCUT2D eigenvalue weighted by Crippen LogP contribution is 2.44. The summed E-state index contributed by atoms with van der Waals surface area (Å²) in [4.78, 5) is 13.7. The van der Waals surface area contributed by atoms with E-state index in [9.17, 15) is 18.0 Å². The van der Waals surface area contributed by atoms with Crippen molar-refractivity contribution in [3.63, 3.8) is 0 Å². The Labute approximate surface area is 232 Å². The monoisotopic (exact) mass is 546 g/mol. The summed E-state index contributed by atoms with van der Waals surface area (Å²) in [6.45, 7) is 6.06. The van der Waals surface area contributed by atoms with Gasteiger partial charge in [0.25, 0.3) is 5.91 Å². The number of nitrogens with one attached hydrogen (secondary N) is 2. The first kappa shape index (κ1) is 27.5. The van der Waals surface area contributed by atoms with E-state index < -0.39 is 29.7 Å². The second-order valence-corrected chi connectivity index (χ2v) is 10.4. The molecule has 0 saturated carbocycles. The molecule has 2 heterocycles. The van der Waals surface area contributed by atoms with Crippen LogP contribution in [0.5, 0.6) is 0 Å². The minimum atomic E-state index is -4.51. The molecule has 1 amide bonds. The molecule has 2 N–H and O–H groups in total. The van der Waals surface area contributed by atoms with Gasteiger partial charge in [-0.2, -0.15) is 18.3 Å². The number of aromatic nitrogens is 2. The van der Waals surface area contributed by atoms with Crippen LogP contribution in [0.25, 0.3) is 11.1 Å². The first-order valence-electron chi connectivity index (χ1n) is 13.6. The van der Waals surface area contributed by atoms with Crippen molar-refractivity contribution in [2.45, 2.75) is 63.8 Å². The van der Waals surface area contributed by atoms with Gasteiger partial charge in [-0.05, 0) is 47.6 Å². The van der Waals surface area contributed by atoms with E-state index in [2.05, 4.69) is 34.8 Å². The minimum absolute atomic E-state index is 0.0796. The van der Waals surface area contributed by atoms with E-state index in [0.29, 0.717) is 12.8 Å². The van der Waals surface area contributed by atoms with Gasteiger partial charge in [0.05, 0.1) is 17.8 Å². The number of carbonyl (C=O) groups excluding carboxylic acids is 1. The van der Waals surface area contributed by atoms with Crippen molar-refractivity contribution < 1.29 is 18.0 Å². The number of carbonyl (C=O) groups is 1. The molecular weight excluding hydrogens is 513 g/mol. The van der Waals surface area contributed by atoms with Crippen LogP contribution in [0.15, 0.2) is 85.1 Å². The van der Waals surface area contributed by atoms with Crippen molar-refractivity contribution in [1.29, 1.82) is 0 Å². The molecule has 0 fully saturated rings. The predicted octanol–water partition coefficient (Wildman–Crippen LogP) is 7.96. The Bertz CT molecular complexity index is 1470. The predicted molar refractivity (Wildman–Crippen MR) is 151 cm³/mol. The summed E-state index contributed by atoms with van der Waals surface area (Å²) in [6.07, 6.45) is -2.29. The summed E-state index contributed by atoms with van der Waals surface area (Å²) in [5.41, 5.74) is 4.44. The van der Waals surface area contributed by atoms with Crippen LogP contribution in [0.4, 0.5) is 19.0 Å². The Morgan fingerprint density at radius 1 is 0.975 bits per heavy atom. The smallest absolute Gasteiger partial charge is 0.363 e. The maximum absolute atomic E-state index is 14.1. The van der Waals surface area contributed by atoms with Gasteiger partial charge in [-0.1, -0.05) is 92.7 Å². The van der Waals surface area contributed by atoms with E-state index in [1.165, 1.54) is 11.8 Å². The largest absolute Gasteiger partial charge is 0.410 e. The normalized spacial score (nSPS) is 17.1. The lowest BCUT2D eigenvalue weighted by Crippen LogP contribution is -2.45. The lowest BCUT2D eigenvalue weighted by atomic mass is 9.83. The fourth-order valence-corrected chi connectivity index (χ4v) is 5.69. The van der Waals surface area contributed by atoms with Crippen LogP contribution in [-0.4, -0.2) is 21.9 Å². The zero-order valence-corrected chi connectivity index (χ0v) is 22.8. The molecule has 0 spiro atoms. The first-order chi connectivity index (χ1) is 19.2. The zero-order valence-electron chi connectivity index (χ0n) is 22.8. The molecule has 4 aromatic rings. The summed E-state index contributed by atoms with van der Waals surface area (Å²) in [5.74, 6) is -0.383. The summed E-state index contributed by atoms with van der Waals surface area (Å²) in [5, 5.41) is 10.4. The molecule has 0 aliphatic carbocycles. The second-order valence-electron chi connectivity index (χ2n) is 10.4. The molecule has 0 radical (unpaired) electrons. The summed E-state index contributed by atoms with van der Waals surface area (Å²) in [6, 6.07) is 22.8. The average molecular weight is 547 g/mol. The Hall–Kier alpha value is -4.07. The van der Waals surface area contributed by atoms with Gasteiger partial charge in [-0.15, -0.1) is 0 Å². The highest BCUT2D eigenvalue weighted by atomic mass is 19.4. The van der Waals surface area contributed by atoms with Crippen molar-refractivity contribution in [1.82, 2.24) is 15.1 Å². The number of nitrogens with zero attached hydrogens (tertiary/aromatic N) is 2. The van der Waals surface area contributed by atoms with Crippen LogP contribution in [-0.2, 0) is 5.54 Å². The molecule has 0 bridgehead atoms. The highest BCUT2D eigenvalue weighted by Gasteiger charge is 2.47. The topological polar surface area (TPSA) is 59.0 Å². The molecular formula is C32H33F3N4O. The molecule has 8 heteroatoms. The third-order valence-corrected chi connectivity index (χ3v) is 8.14. The third-order valence-electron chi connectivity index (χ3n) is 8.14. The first-order valence-corrected chi connectivity index (χ1v) is 13.6. The lowest BCUT2D eigenvalue weighted by Gasteiger charge is -2.35. The van der Waals surface area contributed by atoms with Crippen molar-refractivity contribution in [3.8, 4) is 11.1 Å². The number of halogens is 3. The van der Waals surface area contributed by atoms with Crippen molar-refractivity contribution in [2.24, 2.45) is 0 Å². The summed E-state index contributed by atoms with van der Waals surface area (Å²) >= 11 is 0. The Balaban J connectivity index is 1.46. The number of amides is 1. The fourth-order valence-electron chi connectivity index (χ4n) is 5.69. The van der Waals surface area contributed by atoms with Crippen molar-refractivity contribution in [2.75, 3.05) is 5.32 Å². The average Bonchev–Trinajstić information content (AvgIpc) is 3.40. The molecule has 1 aromatic heterocycles. The summed E-state index contributed by atoms with van der Waals surface area (Å²) < 4.78 is 43.2. The van der Waals surface area contributed by atoms with Gasteiger partial charge in [-0.25, -0.2) is 4.68 Å². The lowest BCUT2D eigenvalue weighted by molar-refractivity contribution is -0.173. The van der Waals surface area contributed by atoms with Gasteiger partial charge in [0.15, 0.2) is 6.04 Å². The van der Waals surface area contributed by atoms with E-state index in [4.69, 9.17) is 0 Å². The molecule has 1 aliphatic rings. The van der Waals surface area contributed by atoms with Crippen LogP contribution < -0.4 is 10.6 Å². The molecule has 1 aliphatic heterocycles. The standard InChI is InChI=1S/C32H33F3N4O/c1-4-31(5-2,24-17-15-22(16-18-24)25-14-10-9-11-21(25)3)38-30(40)26-20-36-39-28(32(33,34)35)19-27(37-29(26)39)23-12-7-6-8-13-23/h6-18,20,27-28,37H,4-5,19H2,1-3H3,(H,38,40). The molecule has 0 saturated heterocycles. The fraction of sp³-hybridized carbons (Fsp3) is 0.312. The van der Waals surface area contributed by atoms with Crippen LogP contribution in [0.3, 0.4) is 0 Å². The van der Waals surface area contributed by atoms with Crippen LogP contribution in [0.1, 0.15) is 72.2 Å². The van der Waals surface area contributed by atoms with Gasteiger partial charge >= 0.3 is 6.18 Å². The van der Waals surface area contributed by atoms with Crippen LogP contribution in [0, 0.1) is 6.92 Å². The summed E-state index contributed by atoms with van der Waals surface area (Å²) in [7, 11) is 0. The number of alkyl halides is 3. The van der Waals surface area contributed by atoms with Crippen molar-refractivity contribution in [3.05, 3.63) is 107 Å². The van der Waals surface area contributed by atoms with Gasteiger partial charge in [0.2, 0.25) is 0 Å². The molecule has 2 unspecified atom stereocenters. The van der Waals surface area contributed by atoms with Gasteiger partial charge < -0.3 is 10.6 Å². The number of hydrogen-bond acceptors (Lipinski definition) is 3. The highest BCUT2D eigenvalue weighted by molar-refractivity contribution is 5.99. The third kappa shape index (κ3) is 5.10. The van der Waals surface area contributed by atoms with Crippen LogP contribution in [0.2, 0.25) is 0 Å². The molecule has 40 heavy (non-hydrogen) atoms. The van der Waals surface area contributed by atoms with E-state index >= 15 is 0 Å². The molecule has 3 aromatic carbocycles. The number of anilines is 1. The quantitative estimate of drug-likeness (QED) is 0.247. The Morgan fingerprint density at radius 3 is 2.25 bits per heavy atom. The maximum Gasteiger partial charge on any atom is 0.410 e. The van der Waals surface area contributed by atoms with E-state index in [1.54, 1.807) is 24.3 Å². The van der Waals surface area contributed by atoms with E-state index in [0.717, 1.165) is 26.9 Å². The van der Waals surface area contributed by atoms with Gasteiger partial charge in [0, 0.05) is 6.42 Å². The zero-order chi connectivity index (χ0) is 28.5. The number of rotatable bonds is 7. The van der Waals surface area contributed by atoms with Gasteiger partial charge in [0.1, 0.15) is 11.4 Å². The number of benzene rings is 3. The number of aryl methyl sites for hydroxylation is 1. The Kier molecular flexibility index (Phi) is 7.45. The molecule has 5 rings (SSSR count). The molecule has 2 atom stereocenters. The molecule has 208 valence electrons. The van der Waals surface area contributed by atoms with Crippen LogP contribution >= 0.6 is 0 Å². The van der Waals surface area contributed by atoms with Crippen molar-refractivity contribution >= 4 is 11.7 Å². The Morgan fingerprint density at radius 2 is 1.62 bits per heavy atom. The number of fused-ring (bicyclic) bond motifs is 1. The molecule has 5 nitrogen and oxygen atoms in total. The number of hydrogen-bond donors (Lipinski definition) is 2. The SMILES string of the molecule is CCC(CC)(NC(=O)c1cnn2c1NC(c1ccccc1)CC2C(F)(F)F)c1ccc(-c2ccccc2C)cc1. The second kappa shape index (κ2) is 10.8. The van der Waals surface area contributed by atoms with Gasteiger partial charge in [-0.3, -0.25) is 4.79 Å². The maximum atomic E-state index is 14.1. The van der Waals surface area contributed by atoms with E-state index in [-0.39, 0.29) is 17.8 Å². The van der Waals surface area contributed by atoms with E-state index in [1.807, 2.05) is 56.3 Å². The minimum Gasteiger partial charge on any atom is -0.363 e.